The van der Waals surface area contributed by atoms with Crippen molar-refractivity contribution in [2.75, 3.05) is 23.9 Å². The number of aromatic nitrogens is 1. The van der Waals surface area contributed by atoms with Crippen molar-refractivity contribution in [2.45, 2.75) is 20.3 Å². The molecule has 0 spiro atoms. The molecule has 0 aliphatic carbocycles. The predicted molar refractivity (Wildman–Crippen MR) is 62.2 cm³/mol. The number of pyridine rings is 1. The molecule has 0 aliphatic rings. The minimum atomic E-state index is 0.648. The maximum Gasteiger partial charge on any atom is 0.128 e. The number of alkyl halides is 1. The molecule has 0 unspecified atom stereocenters. The van der Waals surface area contributed by atoms with Crippen LogP contribution in [0.25, 0.3) is 0 Å². The molecule has 0 N–H and O–H groups in total. The van der Waals surface area contributed by atoms with Crippen LogP contribution >= 0.6 is 11.6 Å². The summed E-state index contributed by atoms with van der Waals surface area (Å²) in [5, 5.41) is 0. The second kappa shape index (κ2) is 5.86. The average Bonchev–Trinajstić information content (AvgIpc) is 2.19. The van der Waals surface area contributed by atoms with E-state index in [1.165, 1.54) is 5.56 Å². The van der Waals surface area contributed by atoms with Crippen LogP contribution in [0.1, 0.15) is 18.9 Å². The third-order valence-corrected chi connectivity index (χ3v) is 2.24. The van der Waals surface area contributed by atoms with E-state index in [0.717, 1.165) is 25.3 Å². The first-order valence-corrected chi connectivity index (χ1v) is 5.55. The molecule has 0 fully saturated rings. The Balaban J connectivity index is 2.71. The zero-order chi connectivity index (χ0) is 10.4. The van der Waals surface area contributed by atoms with Crippen LogP contribution in [0.4, 0.5) is 5.82 Å². The summed E-state index contributed by atoms with van der Waals surface area (Å²) in [7, 11) is 0. The highest BCUT2D eigenvalue weighted by molar-refractivity contribution is 6.18. The lowest BCUT2D eigenvalue weighted by atomic mass is 10.3. The van der Waals surface area contributed by atoms with Crippen LogP contribution < -0.4 is 4.90 Å². The van der Waals surface area contributed by atoms with E-state index in [1.807, 2.05) is 13.1 Å². The normalized spacial score (nSPS) is 10.2. The fraction of sp³-hybridized carbons (Fsp3) is 0.545. The Morgan fingerprint density at radius 3 is 2.64 bits per heavy atom. The van der Waals surface area contributed by atoms with Gasteiger partial charge in [-0.25, -0.2) is 4.98 Å². The molecule has 0 aromatic carbocycles. The summed E-state index contributed by atoms with van der Waals surface area (Å²) >= 11 is 5.74. The van der Waals surface area contributed by atoms with Gasteiger partial charge in [-0.3, -0.25) is 0 Å². The Bertz CT molecular complexity index is 252. The predicted octanol–water partition coefficient (Wildman–Crippen LogP) is 2.85. The SMILES string of the molecule is CCCN(CCCl)c1ccc(C)cn1. The van der Waals surface area contributed by atoms with Crippen LogP contribution in [0.2, 0.25) is 0 Å². The van der Waals surface area contributed by atoms with Gasteiger partial charge >= 0.3 is 0 Å². The van der Waals surface area contributed by atoms with Gasteiger partial charge in [0.05, 0.1) is 0 Å². The second-order valence-corrected chi connectivity index (χ2v) is 3.75. The van der Waals surface area contributed by atoms with Gasteiger partial charge in [0.1, 0.15) is 5.82 Å². The molecule has 1 aromatic heterocycles. The van der Waals surface area contributed by atoms with E-state index in [2.05, 4.69) is 28.9 Å². The molecule has 2 nitrogen and oxygen atoms in total. The van der Waals surface area contributed by atoms with E-state index in [-0.39, 0.29) is 0 Å². The van der Waals surface area contributed by atoms with Gasteiger partial charge in [-0.1, -0.05) is 13.0 Å². The largest absolute Gasteiger partial charge is 0.355 e. The fourth-order valence-electron chi connectivity index (χ4n) is 1.36. The first-order chi connectivity index (χ1) is 6.77. The average molecular weight is 213 g/mol. The van der Waals surface area contributed by atoms with Crippen molar-refractivity contribution in [2.24, 2.45) is 0 Å². The molecular formula is C11H17ClN2. The summed E-state index contributed by atoms with van der Waals surface area (Å²) < 4.78 is 0. The van der Waals surface area contributed by atoms with Crippen molar-refractivity contribution in [3.05, 3.63) is 23.9 Å². The summed E-state index contributed by atoms with van der Waals surface area (Å²) in [6, 6.07) is 4.14. The van der Waals surface area contributed by atoms with Crippen LogP contribution in [0.15, 0.2) is 18.3 Å². The van der Waals surface area contributed by atoms with Crippen LogP contribution in [-0.2, 0) is 0 Å². The van der Waals surface area contributed by atoms with Crippen molar-refractivity contribution >= 4 is 17.4 Å². The lowest BCUT2D eigenvalue weighted by molar-refractivity contribution is 0.780. The molecule has 1 rings (SSSR count). The van der Waals surface area contributed by atoms with E-state index in [9.17, 15) is 0 Å². The standard InChI is InChI=1S/C11H17ClN2/c1-3-7-14(8-6-12)11-5-4-10(2)9-13-11/h4-5,9H,3,6-8H2,1-2H3. The molecule has 0 amide bonds. The molecule has 1 heterocycles. The van der Waals surface area contributed by atoms with Gasteiger partial charge in [0, 0.05) is 25.2 Å². The number of nitrogens with zero attached hydrogens (tertiary/aromatic N) is 2. The third kappa shape index (κ3) is 3.18. The van der Waals surface area contributed by atoms with Crippen LogP contribution in [0.3, 0.4) is 0 Å². The van der Waals surface area contributed by atoms with Gasteiger partial charge in [0.15, 0.2) is 0 Å². The van der Waals surface area contributed by atoms with Gasteiger partial charge in [-0.05, 0) is 25.0 Å². The first-order valence-electron chi connectivity index (χ1n) is 5.01. The highest BCUT2D eigenvalue weighted by Crippen LogP contribution is 2.11. The third-order valence-electron chi connectivity index (χ3n) is 2.07. The lowest BCUT2D eigenvalue weighted by Crippen LogP contribution is -2.27. The van der Waals surface area contributed by atoms with Crippen molar-refractivity contribution in [1.29, 1.82) is 0 Å². The number of anilines is 1. The number of rotatable bonds is 5. The molecule has 1 aromatic rings. The number of halogens is 1. The maximum atomic E-state index is 5.74. The molecule has 0 bridgehead atoms. The van der Waals surface area contributed by atoms with Gasteiger partial charge in [0.2, 0.25) is 0 Å². The van der Waals surface area contributed by atoms with E-state index in [1.54, 1.807) is 0 Å². The van der Waals surface area contributed by atoms with E-state index in [4.69, 9.17) is 11.6 Å². The minimum Gasteiger partial charge on any atom is -0.355 e. The molecule has 0 saturated carbocycles. The fourth-order valence-corrected chi connectivity index (χ4v) is 1.56. The zero-order valence-corrected chi connectivity index (χ0v) is 9.59. The van der Waals surface area contributed by atoms with Crippen molar-refractivity contribution in [3.8, 4) is 0 Å². The van der Waals surface area contributed by atoms with Crippen molar-refractivity contribution in [3.63, 3.8) is 0 Å². The Morgan fingerprint density at radius 2 is 2.14 bits per heavy atom. The van der Waals surface area contributed by atoms with Crippen molar-refractivity contribution in [1.82, 2.24) is 4.98 Å². The van der Waals surface area contributed by atoms with Gasteiger partial charge < -0.3 is 4.90 Å². The molecule has 0 radical (unpaired) electrons. The quantitative estimate of drug-likeness (QED) is 0.698. The van der Waals surface area contributed by atoms with Gasteiger partial charge in [-0.15, -0.1) is 11.6 Å². The smallest absolute Gasteiger partial charge is 0.128 e. The van der Waals surface area contributed by atoms with Gasteiger partial charge in [-0.2, -0.15) is 0 Å². The van der Waals surface area contributed by atoms with Crippen LogP contribution in [-0.4, -0.2) is 24.0 Å². The van der Waals surface area contributed by atoms with Crippen LogP contribution in [0, 0.1) is 6.92 Å². The Labute approximate surface area is 90.9 Å². The van der Waals surface area contributed by atoms with Crippen LogP contribution in [0.5, 0.6) is 0 Å². The lowest BCUT2D eigenvalue weighted by Gasteiger charge is -2.21. The highest BCUT2D eigenvalue weighted by Gasteiger charge is 2.04. The molecule has 0 atom stereocenters. The number of hydrogen-bond acceptors (Lipinski definition) is 2. The Morgan fingerprint density at radius 1 is 1.36 bits per heavy atom. The molecule has 0 aliphatic heterocycles. The highest BCUT2D eigenvalue weighted by atomic mass is 35.5. The number of hydrogen-bond donors (Lipinski definition) is 0. The van der Waals surface area contributed by atoms with E-state index in [0.29, 0.717) is 5.88 Å². The molecular weight excluding hydrogens is 196 g/mol. The topological polar surface area (TPSA) is 16.1 Å². The summed E-state index contributed by atoms with van der Waals surface area (Å²) in [6.07, 6.45) is 3.01. The molecule has 0 saturated heterocycles. The number of aryl methyl sites for hydroxylation is 1. The summed E-state index contributed by atoms with van der Waals surface area (Å²) in [5.41, 5.74) is 1.19. The van der Waals surface area contributed by atoms with Gasteiger partial charge in [0.25, 0.3) is 0 Å². The monoisotopic (exact) mass is 212 g/mol. The van der Waals surface area contributed by atoms with Crippen molar-refractivity contribution < 1.29 is 0 Å². The first kappa shape index (κ1) is 11.3. The second-order valence-electron chi connectivity index (χ2n) is 3.37. The molecule has 14 heavy (non-hydrogen) atoms. The Hall–Kier alpha value is -0.760. The van der Waals surface area contributed by atoms with E-state index >= 15 is 0 Å². The molecule has 78 valence electrons. The maximum absolute atomic E-state index is 5.74. The minimum absolute atomic E-state index is 0.648. The molecule has 3 heteroatoms. The summed E-state index contributed by atoms with van der Waals surface area (Å²) in [4.78, 5) is 6.60. The summed E-state index contributed by atoms with van der Waals surface area (Å²) in [5.74, 6) is 1.67. The Kier molecular flexibility index (Phi) is 4.74. The summed E-state index contributed by atoms with van der Waals surface area (Å²) in [6.45, 7) is 6.09. The zero-order valence-electron chi connectivity index (χ0n) is 8.83. The van der Waals surface area contributed by atoms with E-state index < -0.39 is 0 Å².